The van der Waals surface area contributed by atoms with Crippen molar-refractivity contribution in [2.75, 3.05) is 26.2 Å². The minimum Gasteiger partial charge on any atom is -0.356 e. The molecule has 184 valence electrons. The van der Waals surface area contributed by atoms with Gasteiger partial charge in [-0.2, -0.15) is 0 Å². The molecular weight excluding hydrogens is 525 g/mol. The van der Waals surface area contributed by atoms with Crippen LogP contribution in [0.25, 0.3) is 0 Å². The lowest BCUT2D eigenvalue weighted by Gasteiger charge is -2.28. The molecule has 0 amide bonds. The van der Waals surface area contributed by atoms with Gasteiger partial charge >= 0.3 is 0 Å². The Morgan fingerprint density at radius 3 is 2.48 bits per heavy atom. The summed E-state index contributed by atoms with van der Waals surface area (Å²) < 4.78 is 2.00. The molecular formula is C25H42IN7. The maximum atomic E-state index is 4.86. The Bertz CT molecular complexity index is 889. The van der Waals surface area contributed by atoms with Gasteiger partial charge in [-0.3, -0.25) is 4.90 Å². The maximum absolute atomic E-state index is 4.86. The Balaban J connectivity index is 0.00000385. The zero-order valence-electron chi connectivity index (χ0n) is 21.2. The summed E-state index contributed by atoms with van der Waals surface area (Å²) in [6.45, 7) is 15.5. The van der Waals surface area contributed by atoms with Gasteiger partial charge in [-0.15, -0.1) is 34.2 Å². The molecule has 1 aromatic carbocycles. The van der Waals surface area contributed by atoms with Crippen molar-refractivity contribution in [2.24, 2.45) is 12.0 Å². The summed E-state index contributed by atoms with van der Waals surface area (Å²) in [5.41, 5.74) is 2.69. The van der Waals surface area contributed by atoms with Crippen LogP contribution in [0.2, 0.25) is 0 Å². The summed E-state index contributed by atoms with van der Waals surface area (Å²) in [6, 6.07) is 9.55. The van der Waals surface area contributed by atoms with Gasteiger partial charge in [0.2, 0.25) is 0 Å². The van der Waals surface area contributed by atoms with Crippen LogP contribution < -0.4 is 10.6 Å². The predicted molar refractivity (Wildman–Crippen MR) is 147 cm³/mol. The first-order chi connectivity index (χ1) is 15.3. The van der Waals surface area contributed by atoms with E-state index in [1.165, 1.54) is 30.5 Å². The monoisotopic (exact) mass is 567 g/mol. The highest BCUT2D eigenvalue weighted by Crippen LogP contribution is 2.23. The normalized spacial score (nSPS) is 17.2. The van der Waals surface area contributed by atoms with Crippen LogP contribution in [0.4, 0.5) is 0 Å². The number of hydrogen-bond donors (Lipinski definition) is 2. The van der Waals surface area contributed by atoms with Crippen molar-refractivity contribution >= 4 is 29.9 Å². The Morgan fingerprint density at radius 2 is 1.88 bits per heavy atom. The molecule has 0 bridgehead atoms. The van der Waals surface area contributed by atoms with Gasteiger partial charge in [-0.05, 0) is 50.4 Å². The summed E-state index contributed by atoms with van der Waals surface area (Å²) in [5.74, 6) is 2.61. The van der Waals surface area contributed by atoms with E-state index in [0.29, 0.717) is 12.6 Å². The van der Waals surface area contributed by atoms with Gasteiger partial charge in [0.05, 0.1) is 0 Å². The quantitative estimate of drug-likeness (QED) is 0.274. The van der Waals surface area contributed by atoms with E-state index in [2.05, 4.69) is 77.7 Å². The average molecular weight is 568 g/mol. The third kappa shape index (κ3) is 7.40. The van der Waals surface area contributed by atoms with Crippen molar-refractivity contribution in [3.05, 3.63) is 47.0 Å². The Morgan fingerprint density at radius 1 is 1.15 bits per heavy atom. The van der Waals surface area contributed by atoms with Crippen molar-refractivity contribution in [2.45, 2.75) is 71.9 Å². The molecule has 0 saturated carbocycles. The molecule has 2 heterocycles. The molecule has 1 aromatic heterocycles. The van der Waals surface area contributed by atoms with E-state index >= 15 is 0 Å². The summed E-state index contributed by atoms with van der Waals surface area (Å²) in [5, 5.41) is 15.6. The van der Waals surface area contributed by atoms with Gasteiger partial charge in [-0.25, -0.2) is 4.99 Å². The van der Waals surface area contributed by atoms with Crippen LogP contribution in [0, 0.1) is 6.92 Å². The topological polar surface area (TPSA) is 70.4 Å². The van der Waals surface area contributed by atoms with Gasteiger partial charge in [0, 0.05) is 31.6 Å². The van der Waals surface area contributed by atoms with Crippen LogP contribution in [-0.4, -0.2) is 57.8 Å². The van der Waals surface area contributed by atoms with Crippen LogP contribution >= 0.6 is 24.0 Å². The van der Waals surface area contributed by atoms with E-state index < -0.39 is 0 Å². The second-order valence-electron chi connectivity index (χ2n) is 9.48. The standard InChI is InChI=1S/C25H41N7.HI/c1-7-20-11-13-21(14-12-20)25(4,5)18-28-24(26-16-22-10-9-15-32(22)8-2)27-17-23-30-29-19(3)31(23)6;/h11-14,22H,7-10,15-18H2,1-6H3,(H2,26,27,28);1H. The number of aromatic nitrogens is 3. The molecule has 1 aliphatic heterocycles. The van der Waals surface area contributed by atoms with E-state index in [1.807, 2.05) is 18.5 Å². The van der Waals surface area contributed by atoms with Crippen LogP contribution in [0.15, 0.2) is 29.3 Å². The molecule has 2 N–H and O–H groups in total. The van der Waals surface area contributed by atoms with Gasteiger partial charge in [0.1, 0.15) is 12.4 Å². The predicted octanol–water partition coefficient (Wildman–Crippen LogP) is 3.80. The van der Waals surface area contributed by atoms with Gasteiger partial charge < -0.3 is 15.2 Å². The SMILES string of the molecule is CCc1ccc(C(C)(C)CNC(=NCc2nnc(C)n2C)NCC2CCCN2CC)cc1.I. The van der Waals surface area contributed by atoms with E-state index in [0.717, 1.165) is 43.7 Å². The average Bonchev–Trinajstić information content (AvgIpc) is 3.39. The van der Waals surface area contributed by atoms with E-state index in [-0.39, 0.29) is 29.4 Å². The fourth-order valence-electron chi connectivity index (χ4n) is 4.27. The Labute approximate surface area is 216 Å². The number of rotatable bonds is 9. The van der Waals surface area contributed by atoms with E-state index in [9.17, 15) is 0 Å². The van der Waals surface area contributed by atoms with Crippen LogP contribution in [0.3, 0.4) is 0 Å². The number of guanidine groups is 1. The molecule has 0 radical (unpaired) electrons. The number of nitrogens with zero attached hydrogens (tertiary/aromatic N) is 5. The number of benzene rings is 1. The van der Waals surface area contributed by atoms with Crippen molar-refractivity contribution in [3.63, 3.8) is 0 Å². The number of nitrogens with one attached hydrogen (secondary N) is 2. The second kappa shape index (κ2) is 12.7. The Kier molecular flexibility index (Phi) is 10.6. The molecule has 0 aliphatic carbocycles. The molecule has 1 unspecified atom stereocenters. The van der Waals surface area contributed by atoms with Crippen molar-refractivity contribution < 1.29 is 0 Å². The number of aliphatic imine (C=N–C) groups is 1. The summed E-state index contributed by atoms with van der Waals surface area (Å²) in [4.78, 5) is 7.41. The molecule has 7 nitrogen and oxygen atoms in total. The molecule has 8 heteroatoms. The number of likely N-dealkylation sites (tertiary alicyclic amines) is 1. The van der Waals surface area contributed by atoms with Crippen molar-refractivity contribution in [3.8, 4) is 0 Å². The molecule has 1 atom stereocenters. The van der Waals surface area contributed by atoms with Gasteiger partial charge in [-0.1, -0.05) is 52.0 Å². The van der Waals surface area contributed by atoms with Crippen LogP contribution in [0.1, 0.15) is 63.3 Å². The zero-order chi connectivity index (χ0) is 23.1. The minimum atomic E-state index is -0.0150. The molecule has 33 heavy (non-hydrogen) atoms. The zero-order valence-corrected chi connectivity index (χ0v) is 23.5. The lowest BCUT2D eigenvalue weighted by molar-refractivity contribution is 0.267. The third-order valence-electron chi connectivity index (χ3n) is 6.81. The molecule has 1 fully saturated rings. The largest absolute Gasteiger partial charge is 0.356 e. The summed E-state index contributed by atoms with van der Waals surface area (Å²) >= 11 is 0. The highest BCUT2D eigenvalue weighted by atomic mass is 127. The molecule has 1 saturated heterocycles. The highest BCUT2D eigenvalue weighted by Gasteiger charge is 2.24. The first-order valence-electron chi connectivity index (χ1n) is 12.0. The smallest absolute Gasteiger partial charge is 0.191 e. The highest BCUT2D eigenvalue weighted by molar-refractivity contribution is 14.0. The summed E-state index contributed by atoms with van der Waals surface area (Å²) in [6.07, 6.45) is 3.59. The fourth-order valence-corrected chi connectivity index (χ4v) is 4.27. The summed E-state index contributed by atoms with van der Waals surface area (Å²) in [7, 11) is 1.99. The lowest BCUT2D eigenvalue weighted by Crippen LogP contribution is -2.47. The number of halogens is 1. The van der Waals surface area contributed by atoms with Crippen molar-refractivity contribution in [1.82, 2.24) is 30.3 Å². The van der Waals surface area contributed by atoms with Crippen LogP contribution in [-0.2, 0) is 25.4 Å². The van der Waals surface area contributed by atoms with Crippen LogP contribution in [0.5, 0.6) is 0 Å². The number of hydrogen-bond acceptors (Lipinski definition) is 4. The number of aryl methyl sites for hydroxylation is 2. The Hall–Kier alpha value is -1.68. The maximum Gasteiger partial charge on any atom is 0.191 e. The lowest BCUT2D eigenvalue weighted by atomic mass is 9.84. The van der Waals surface area contributed by atoms with E-state index in [4.69, 9.17) is 4.99 Å². The molecule has 2 aromatic rings. The van der Waals surface area contributed by atoms with Crippen molar-refractivity contribution in [1.29, 1.82) is 0 Å². The second-order valence-corrected chi connectivity index (χ2v) is 9.48. The molecule has 1 aliphatic rings. The first-order valence-corrected chi connectivity index (χ1v) is 12.0. The fraction of sp³-hybridized carbons (Fsp3) is 0.640. The van der Waals surface area contributed by atoms with Gasteiger partial charge in [0.25, 0.3) is 0 Å². The first kappa shape index (κ1) is 27.6. The third-order valence-corrected chi connectivity index (χ3v) is 6.81. The van der Waals surface area contributed by atoms with E-state index in [1.54, 1.807) is 0 Å². The number of likely N-dealkylation sites (N-methyl/N-ethyl adjacent to an activating group) is 1. The van der Waals surface area contributed by atoms with Gasteiger partial charge in [0.15, 0.2) is 11.8 Å². The minimum absolute atomic E-state index is 0. The molecule has 3 rings (SSSR count). The molecule has 0 spiro atoms.